The smallest absolute Gasteiger partial charge is 0.322 e. The number of hydrogen-bond acceptors (Lipinski definition) is 3. The SMILES string of the molecule is C[C@H](O)CCN(C(=O)Nc1ccc(F)c(Cl)c1)[C@@H](C)c1c[nH]c(=O)c2ccccc12. The first kappa shape index (κ1) is 21.8. The number of aromatic nitrogens is 1. The van der Waals surface area contributed by atoms with Crippen LogP contribution >= 0.6 is 11.6 Å². The molecule has 8 heteroatoms. The monoisotopic (exact) mass is 431 g/mol. The van der Waals surface area contributed by atoms with E-state index in [0.717, 1.165) is 10.9 Å². The number of hydrogen-bond donors (Lipinski definition) is 3. The summed E-state index contributed by atoms with van der Waals surface area (Å²) in [6.45, 7) is 3.77. The number of fused-ring (bicyclic) bond motifs is 1. The molecule has 0 saturated heterocycles. The van der Waals surface area contributed by atoms with E-state index in [1.54, 1.807) is 30.2 Å². The molecular weight excluding hydrogens is 409 g/mol. The third-order valence-corrected chi connectivity index (χ3v) is 5.27. The quantitative estimate of drug-likeness (QED) is 0.529. The first-order chi connectivity index (χ1) is 14.3. The fraction of sp³-hybridized carbons (Fsp3) is 0.273. The number of H-pyrrole nitrogens is 1. The second-order valence-corrected chi connectivity index (χ2v) is 7.59. The van der Waals surface area contributed by atoms with Crippen LogP contribution in [0, 0.1) is 5.82 Å². The van der Waals surface area contributed by atoms with Crippen LogP contribution in [0.5, 0.6) is 0 Å². The van der Waals surface area contributed by atoms with Gasteiger partial charge in [-0.25, -0.2) is 9.18 Å². The van der Waals surface area contributed by atoms with Crippen molar-refractivity contribution < 1.29 is 14.3 Å². The highest BCUT2D eigenvalue weighted by Crippen LogP contribution is 2.27. The standard InChI is InChI=1S/C22H23ClFN3O3/c1-13(28)9-10-27(22(30)26-15-7-8-20(24)19(23)11-15)14(2)18-12-25-21(29)17-6-4-3-5-16(17)18/h3-8,11-14,28H,9-10H2,1-2H3,(H,25,29)(H,26,30)/t13-,14-/m0/s1. The number of urea groups is 1. The molecule has 3 N–H and O–H groups in total. The van der Waals surface area contributed by atoms with Crippen molar-refractivity contribution in [1.82, 2.24) is 9.88 Å². The number of rotatable bonds is 6. The summed E-state index contributed by atoms with van der Waals surface area (Å²) in [6.07, 6.45) is 1.37. The van der Waals surface area contributed by atoms with E-state index in [9.17, 15) is 19.1 Å². The van der Waals surface area contributed by atoms with Crippen LogP contribution < -0.4 is 10.9 Å². The molecule has 0 bridgehead atoms. The first-order valence-electron chi connectivity index (χ1n) is 9.59. The Morgan fingerprint density at radius 1 is 1.23 bits per heavy atom. The molecule has 2 atom stereocenters. The van der Waals surface area contributed by atoms with Crippen molar-refractivity contribution in [2.45, 2.75) is 32.4 Å². The van der Waals surface area contributed by atoms with Crippen molar-refractivity contribution in [3.63, 3.8) is 0 Å². The van der Waals surface area contributed by atoms with Gasteiger partial charge in [-0.3, -0.25) is 4.79 Å². The van der Waals surface area contributed by atoms with Gasteiger partial charge in [0, 0.05) is 23.8 Å². The van der Waals surface area contributed by atoms with Crippen LogP contribution in [0.15, 0.2) is 53.5 Å². The third kappa shape index (κ3) is 4.80. The normalized spacial score (nSPS) is 13.1. The van der Waals surface area contributed by atoms with Crippen molar-refractivity contribution >= 4 is 34.1 Å². The maximum absolute atomic E-state index is 13.4. The number of amides is 2. The minimum Gasteiger partial charge on any atom is -0.393 e. The molecule has 0 saturated carbocycles. The lowest BCUT2D eigenvalue weighted by Gasteiger charge is -2.31. The molecule has 3 aromatic rings. The molecule has 158 valence electrons. The molecule has 0 spiro atoms. The number of nitrogens with one attached hydrogen (secondary N) is 2. The molecule has 0 unspecified atom stereocenters. The van der Waals surface area contributed by atoms with Crippen LogP contribution in [0.2, 0.25) is 5.02 Å². The van der Waals surface area contributed by atoms with E-state index in [0.29, 0.717) is 17.5 Å². The molecule has 0 radical (unpaired) electrons. The van der Waals surface area contributed by atoms with Gasteiger partial charge in [0.1, 0.15) is 5.82 Å². The average Bonchev–Trinajstić information content (AvgIpc) is 2.71. The summed E-state index contributed by atoms with van der Waals surface area (Å²) in [5.74, 6) is -0.575. The molecule has 0 aliphatic carbocycles. The molecule has 0 aliphatic heterocycles. The van der Waals surface area contributed by atoms with Crippen LogP contribution in [0.25, 0.3) is 10.8 Å². The molecule has 0 fully saturated rings. The number of carbonyl (C=O) groups is 1. The summed E-state index contributed by atoms with van der Waals surface area (Å²) in [4.78, 5) is 29.5. The van der Waals surface area contributed by atoms with Gasteiger partial charge in [0.25, 0.3) is 5.56 Å². The third-order valence-electron chi connectivity index (χ3n) is 4.98. The number of benzene rings is 2. The second-order valence-electron chi connectivity index (χ2n) is 7.18. The highest BCUT2D eigenvalue weighted by molar-refractivity contribution is 6.31. The predicted octanol–water partition coefficient (Wildman–Crippen LogP) is 4.69. The molecule has 3 rings (SSSR count). The van der Waals surface area contributed by atoms with Crippen LogP contribution in [0.3, 0.4) is 0 Å². The highest BCUT2D eigenvalue weighted by Gasteiger charge is 2.24. The summed E-state index contributed by atoms with van der Waals surface area (Å²) in [7, 11) is 0. The maximum atomic E-state index is 13.4. The van der Waals surface area contributed by atoms with Gasteiger partial charge in [-0.15, -0.1) is 0 Å². The topological polar surface area (TPSA) is 85.4 Å². The number of pyridine rings is 1. The van der Waals surface area contributed by atoms with E-state index in [1.807, 2.05) is 19.1 Å². The van der Waals surface area contributed by atoms with Gasteiger partial charge in [-0.2, -0.15) is 0 Å². The maximum Gasteiger partial charge on any atom is 0.322 e. The van der Waals surface area contributed by atoms with Gasteiger partial charge < -0.3 is 20.3 Å². The van der Waals surface area contributed by atoms with Gasteiger partial charge in [0.15, 0.2) is 0 Å². The van der Waals surface area contributed by atoms with E-state index in [4.69, 9.17) is 11.6 Å². The number of nitrogens with zero attached hydrogens (tertiary/aromatic N) is 1. The Kier molecular flexibility index (Phi) is 6.74. The lowest BCUT2D eigenvalue weighted by molar-refractivity contribution is 0.149. The molecule has 2 aromatic carbocycles. The Bertz CT molecular complexity index is 1120. The van der Waals surface area contributed by atoms with Crippen LogP contribution in [0.1, 0.15) is 31.9 Å². The Hall–Kier alpha value is -2.90. The lowest BCUT2D eigenvalue weighted by Crippen LogP contribution is -2.39. The minimum atomic E-state index is -0.597. The summed E-state index contributed by atoms with van der Waals surface area (Å²) in [6, 6.07) is 10.3. The van der Waals surface area contributed by atoms with Gasteiger partial charge in [-0.1, -0.05) is 29.8 Å². The first-order valence-corrected chi connectivity index (χ1v) is 9.96. The van der Waals surface area contributed by atoms with Crippen molar-refractivity contribution in [2.24, 2.45) is 0 Å². The van der Waals surface area contributed by atoms with E-state index in [2.05, 4.69) is 10.3 Å². The zero-order valence-electron chi connectivity index (χ0n) is 16.7. The van der Waals surface area contributed by atoms with E-state index in [1.165, 1.54) is 18.2 Å². The molecule has 1 heterocycles. The predicted molar refractivity (Wildman–Crippen MR) is 116 cm³/mol. The zero-order chi connectivity index (χ0) is 21.8. The fourth-order valence-corrected chi connectivity index (χ4v) is 3.49. The van der Waals surface area contributed by atoms with Gasteiger partial charge >= 0.3 is 6.03 Å². The molecule has 6 nitrogen and oxygen atoms in total. The molecule has 2 amide bonds. The summed E-state index contributed by atoms with van der Waals surface area (Å²) in [5.41, 5.74) is 0.914. The van der Waals surface area contributed by atoms with Crippen LogP contribution in [-0.4, -0.2) is 33.7 Å². The Balaban J connectivity index is 1.94. The minimum absolute atomic E-state index is 0.0944. The van der Waals surface area contributed by atoms with Crippen molar-refractivity contribution in [1.29, 1.82) is 0 Å². The average molecular weight is 432 g/mol. The van der Waals surface area contributed by atoms with Crippen LogP contribution in [0.4, 0.5) is 14.9 Å². The molecule has 1 aromatic heterocycles. The number of anilines is 1. The number of halogens is 2. The Labute approximate surface area is 178 Å². The van der Waals surface area contributed by atoms with Gasteiger partial charge in [-0.05, 0) is 55.5 Å². The van der Waals surface area contributed by atoms with Gasteiger partial charge in [0.2, 0.25) is 0 Å². The lowest BCUT2D eigenvalue weighted by atomic mass is 10.0. The number of aromatic amines is 1. The number of carbonyl (C=O) groups excluding carboxylic acids is 1. The van der Waals surface area contributed by atoms with Crippen molar-refractivity contribution in [2.75, 3.05) is 11.9 Å². The number of aliphatic hydroxyl groups is 1. The van der Waals surface area contributed by atoms with E-state index >= 15 is 0 Å². The highest BCUT2D eigenvalue weighted by atomic mass is 35.5. The Morgan fingerprint density at radius 3 is 2.60 bits per heavy atom. The van der Waals surface area contributed by atoms with Crippen molar-refractivity contribution in [3.05, 3.63) is 75.4 Å². The number of aliphatic hydroxyl groups excluding tert-OH is 1. The zero-order valence-corrected chi connectivity index (χ0v) is 17.4. The van der Waals surface area contributed by atoms with Gasteiger partial charge in [0.05, 0.1) is 17.2 Å². The largest absolute Gasteiger partial charge is 0.393 e. The molecule has 30 heavy (non-hydrogen) atoms. The summed E-state index contributed by atoms with van der Waals surface area (Å²) < 4.78 is 13.4. The van der Waals surface area contributed by atoms with Crippen molar-refractivity contribution in [3.8, 4) is 0 Å². The second kappa shape index (κ2) is 9.28. The van der Waals surface area contributed by atoms with Crippen LogP contribution in [-0.2, 0) is 0 Å². The Morgan fingerprint density at radius 2 is 1.93 bits per heavy atom. The molecular formula is C22H23ClFN3O3. The fourth-order valence-electron chi connectivity index (χ4n) is 3.31. The molecule has 0 aliphatic rings. The summed E-state index contributed by atoms with van der Waals surface area (Å²) in [5, 5.41) is 13.6. The summed E-state index contributed by atoms with van der Waals surface area (Å²) >= 11 is 5.81. The van der Waals surface area contributed by atoms with E-state index < -0.39 is 24.0 Å². The van der Waals surface area contributed by atoms with E-state index in [-0.39, 0.29) is 17.1 Å².